The maximum atomic E-state index is 12.2. The van der Waals surface area contributed by atoms with Crippen LogP contribution in [0.15, 0.2) is 36.7 Å². The average molecular weight is 323 g/mol. The lowest BCUT2D eigenvalue weighted by atomic mass is 10.1. The molecule has 24 heavy (non-hydrogen) atoms. The fraction of sp³-hybridized carbons (Fsp3) is 0.235. The standard InChI is InChI=1S/C17H17N5O2/c1-24-8-7-22-15(23)10-20-16-17(22)21-14(9-19-16)11-3-2-4-13-12(11)5-6-18-13/h2-6,9,18H,7-8,10H2,1H3,(H,19,20). The number of ether oxygens (including phenoxy) is 1. The zero-order valence-electron chi connectivity index (χ0n) is 13.2. The van der Waals surface area contributed by atoms with Crippen LogP contribution in [-0.2, 0) is 9.53 Å². The molecule has 0 fully saturated rings. The van der Waals surface area contributed by atoms with Crippen LogP contribution in [0, 0.1) is 0 Å². The lowest BCUT2D eigenvalue weighted by Gasteiger charge is -2.28. The number of hydrogen-bond acceptors (Lipinski definition) is 5. The molecule has 7 heteroatoms. The van der Waals surface area contributed by atoms with E-state index in [-0.39, 0.29) is 12.5 Å². The number of carbonyl (C=O) groups excluding carboxylic acids is 1. The Kier molecular flexibility index (Phi) is 3.62. The van der Waals surface area contributed by atoms with Crippen LogP contribution >= 0.6 is 0 Å². The third kappa shape index (κ3) is 2.39. The van der Waals surface area contributed by atoms with Crippen molar-refractivity contribution in [3.63, 3.8) is 0 Å². The summed E-state index contributed by atoms with van der Waals surface area (Å²) in [5.41, 5.74) is 2.75. The summed E-state index contributed by atoms with van der Waals surface area (Å²) in [5, 5.41) is 4.09. The van der Waals surface area contributed by atoms with E-state index in [1.165, 1.54) is 0 Å². The van der Waals surface area contributed by atoms with Gasteiger partial charge < -0.3 is 15.0 Å². The number of aromatic nitrogens is 3. The number of nitrogens with one attached hydrogen (secondary N) is 2. The molecule has 0 aliphatic carbocycles. The number of amides is 1. The van der Waals surface area contributed by atoms with Crippen LogP contribution in [-0.4, -0.2) is 47.7 Å². The number of nitrogens with zero attached hydrogens (tertiary/aromatic N) is 3. The maximum Gasteiger partial charge on any atom is 0.247 e. The van der Waals surface area contributed by atoms with Gasteiger partial charge in [0.2, 0.25) is 5.91 Å². The van der Waals surface area contributed by atoms with Crippen LogP contribution in [0.4, 0.5) is 11.6 Å². The van der Waals surface area contributed by atoms with Crippen LogP contribution in [0.25, 0.3) is 22.2 Å². The molecule has 1 aliphatic rings. The topological polar surface area (TPSA) is 83.1 Å². The Hall–Kier alpha value is -2.93. The second kappa shape index (κ2) is 5.93. The molecule has 0 unspecified atom stereocenters. The molecule has 0 saturated heterocycles. The molecular formula is C17H17N5O2. The van der Waals surface area contributed by atoms with Gasteiger partial charge in [0.25, 0.3) is 0 Å². The van der Waals surface area contributed by atoms with Crippen molar-refractivity contribution >= 4 is 28.4 Å². The number of hydrogen-bond donors (Lipinski definition) is 2. The number of carbonyl (C=O) groups is 1. The molecule has 7 nitrogen and oxygen atoms in total. The first kappa shape index (κ1) is 14.6. The van der Waals surface area contributed by atoms with Gasteiger partial charge in [0.15, 0.2) is 11.6 Å². The highest BCUT2D eigenvalue weighted by molar-refractivity contribution is 6.01. The van der Waals surface area contributed by atoms with E-state index in [1.807, 2.05) is 30.5 Å². The molecule has 0 spiro atoms. The molecule has 122 valence electrons. The predicted octanol–water partition coefficient (Wildman–Crippen LogP) is 2.03. The highest BCUT2D eigenvalue weighted by Crippen LogP contribution is 2.31. The van der Waals surface area contributed by atoms with Crippen LogP contribution < -0.4 is 10.2 Å². The first-order valence-corrected chi connectivity index (χ1v) is 7.74. The molecule has 0 atom stereocenters. The quantitative estimate of drug-likeness (QED) is 0.767. The Morgan fingerprint density at radius 2 is 2.25 bits per heavy atom. The van der Waals surface area contributed by atoms with Gasteiger partial charge in [-0.15, -0.1) is 0 Å². The lowest BCUT2D eigenvalue weighted by molar-refractivity contribution is -0.117. The van der Waals surface area contributed by atoms with Gasteiger partial charge >= 0.3 is 0 Å². The number of methoxy groups -OCH3 is 1. The van der Waals surface area contributed by atoms with E-state index in [9.17, 15) is 4.79 Å². The van der Waals surface area contributed by atoms with Crippen molar-refractivity contribution in [1.82, 2.24) is 15.0 Å². The molecule has 1 aliphatic heterocycles. The van der Waals surface area contributed by atoms with Gasteiger partial charge in [-0.25, -0.2) is 9.97 Å². The second-order valence-corrected chi connectivity index (χ2v) is 5.56. The maximum absolute atomic E-state index is 12.2. The molecule has 0 radical (unpaired) electrons. The number of benzene rings is 1. The van der Waals surface area contributed by atoms with E-state index in [1.54, 1.807) is 18.2 Å². The Morgan fingerprint density at radius 1 is 1.33 bits per heavy atom. The molecule has 2 aromatic heterocycles. The summed E-state index contributed by atoms with van der Waals surface area (Å²) in [4.78, 5) is 26.2. The zero-order valence-corrected chi connectivity index (χ0v) is 13.2. The summed E-state index contributed by atoms with van der Waals surface area (Å²) < 4.78 is 5.10. The molecular weight excluding hydrogens is 306 g/mol. The van der Waals surface area contributed by atoms with E-state index in [4.69, 9.17) is 9.72 Å². The van der Waals surface area contributed by atoms with Gasteiger partial charge in [-0.3, -0.25) is 9.69 Å². The minimum absolute atomic E-state index is 0.0362. The van der Waals surface area contributed by atoms with E-state index in [0.717, 1.165) is 22.2 Å². The Morgan fingerprint density at radius 3 is 3.12 bits per heavy atom. The molecule has 2 N–H and O–H groups in total. The minimum Gasteiger partial charge on any atom is -0.383 e. The van der Waals surface area contributed by atoms with Crippen LogP contribution in [0.2, 0.25) is 0 Å². The van der Waals surface area contributed by atoms with Gasteiger partial charge in [0.1, 0.15) is 0 Å². The lowest BCUT2D eigenvalue weighted by Crippen LogP contribution is -2.42. The Bertz CT molecular complexity index is 905. The third-order valence-electron chi connectivity index (χ3n) is 4.11. The van der Waals surface area contributed by atoms with Crippen LogP contribution in [0.5, 0.6) is 0 Å². The van der Waals surface area contributed by atoms with Crippen molar-refractivity contribution in [3.05, 3.63) is 36.7 Å². The van der Waals surface area contributed by atoms with E-state index >= 15 is 0 Å². The third-order valence-corrected chi connectivity index (χ3v) is 4.11. The van der Waals surface area contributed by atoms with Crippen LogP contribution in [0.3, 0.4) is 0 Å². The van der Waals surface area contributed by atoms with E-state index in [0.29, 0.717) is 24.8 Å². The normalized spacial score (nSPS) is 13.9. The largest absolute Gasteiger partial charge is 0.383 e. The van der Waals surface area contributed by atoms with Crippen molar-refractivity contribution < 1.29 is 9.53 Å². The summed E-state index contributed by atoms with van der Waals surface area (Å²) in [5.74, 6) is 1.13. The fourth-order valence-electron chi connectivity index (χ4n) is 2.92. The molecule has 0 saturated carbocycles. The van der Waals surface area contributed by atoms with Gasteiger partial charge in [-0.2, -0.15) is 0 Å². The van der Waals surface area contributed by atoms with E-state index in [2.05, 4.69) is 15.3 Å². The van der Waals surface area contributed by atoms with Crippen molar-refractivity contribution in [2.75, 3.05) is 37.0 Å². The van der Waals surface area contributed by atoms with Crippen molar-refractivity contribution in [3.8, 4) is 11.3 Å². The van der Waals surface area contributed by atoms with Crippen molar-refractivity contribution in [2.24, 2.45) is 0 Å². The summed E-state index contributed by atoms with van der Waals surface area (Å²) in [7, 11) is 1.61. The molecule has 3 heterocycles. The predicted molar refractivity (Wildman–Crippen MR) is 92.0 cm³/mol. The minimum atomic E-state index is -0.0362. The highest BCUT2D eigenvalue weighted by Gasteiger charge is 2.26. The fourth-order valence-corrected chi connectivity index (χ4v) is 2.92. The monoisotopic (exact) mass is 323 g/mol. The van der Waals surface area contributed by atoms with Gasteiger partial charge in [-0.1, -0.05) is 12.1 Å². The number of rotatable bonds is 4. The molecule has 1 amide bonds. The van der Waals surface area contributed by atoms with Crippen molar-refractivity contribution in [2.45, 2.75) is 0 Å². The second-order valence-electron chi connectivity index (χ2n) is 5.56. The summed E-state index contributed by atoms with van der Waals surface area (Å²) in [6, 6.07) is 8.00. The number of fused-ring (bicyclic) bond motifs is 2. The first-order valence-electron chi connectivity index (χ1n) is 7.74. The van der Waals surface area contributed by atoms with Crippen LogP contribution in [0.1, 0.15) is 0 Å². The number of aromatic amines is 1. The average Bonchev–Trinajstić information content (AvgIpc) is 3.09. The SMILES string of the molecule is COCCN1C(=O)CNc2ncc(-c3cccc4[nH]ccc34)nc21. The molecule has 0 bridgehead atoms. The van der Waals surface area contributed by atoms with Crippen molar-refractivity contribution in [1.29, 1.82) is 0 Å². The van der Waals surface area contributed by atoms with Gasteiger partial charge in [0, 0.05) is 29.8 Å². The summed E-state index contributed by atoms with van der Waals surface area (Å²) in [6.07, 6.45) is 3.63. The first-order chi connectivity index (χ1) is 11.8. The smallest absolute Gasteiger partial charge is 0.247 e. The number of anilines is 2. The Labute approximate surface area is 138 Å². The van der Waals surface area contributed by atoms with E-state index < -0.39 is 0 Å². The summed E-state index contributed by atoms with van der Waals surface area (Å²) in [6.45, 7) is 1.12. The van der Waals surface area contributed by atoms with Gasteiger partial charge in [0.05, 0.1) is 31.6 Å². The zero-order chi connectivity index (χ0) is 16.5. The highest BCUT2D eigenvalue weighted by atomic mass is 16.5. The molecule has 1 aromatic carbocycles. The molecule has 4 rings (SSSR count). The Balaban J connectivity index is 1.81. The summed E-state index contributed by atoms with van der Waals surface area (Å²) >= 11 is 0. The molecule has 3 aromatic rings. The number of H-pyrrole nitrogens is 1. The van der Waals surface area contributed by atoms with Gasteiger partial charge in [-0.05, 0) is 12.1 Å².